The van der Waals surface area contributed by atoms with E-state index in [2.05, 4.69) is 0 Å². The molecule has 1 N–H and O–H groups in total. The molecule has 5 heavy (non-hydrogen) atoms. The number of nitrogens with zero attached hydrogens (tertiary/aromatic N) is 1. The van der Waals surface area contributed by atoms with Crippen molar-refractivity contribution in [2.24, 2.45) is 0 Å². The van der Waals surface area contributed by atoms with Crippen LogP contribution in [0.5, 0.6) is 0 Å². The molecule has 4 heteroatoms. The number of hydrogen-bond acceptors (Lipinski definition) is 2. The zero-order valence-corrected chi connectivity index (χ0v) is 4.27. The van der Waals surface area contributed by atoms with Gasteiger partial charge in [-0.25, -0.2) is 0 Å². The summed E-state index contributed by atoms with van der Waals surface area (Å²) in [5, 5.41) is 6.99. The first-order valence-electron chi connectivity index (χ1n) is 0.640. The van der Waals surface area contributed by atoms with Gasteiger partial charge in [0.25, 0.3) is 0 Å². The summed E-state index contributed by atoms with van der Waals surface area (Å²) in [6, 6.07) is 0. The van der Waals surface area contributed by atoms with Gasteiger partial charge in [0.05, 0.1) is 0 Å². The van der Waals surface area contributed by atoms with Crippen LogP contribution in [0.4, 0.5) is 0 Å². The molecular formula is CHMoN2O-. The summed E-state index contributed by atoms with van der Waals surface area (Å²) in [5.74, 6) is 0. The molecule has 3 nitrogen and oxygen atoms in total. The van der Waals surface area contributed by atoms with Crippen molar-refractivity contribution in [3.63, 3.8) is 0 Å². The SMILES string of the molecule is N#C[NH-].[O]=[Mo]. The van der Waals surface area contributed by atoms with Gasteiger partial charge in [-0.2, -0.15) is 0 Å². The first kappa shape index (κ1) is 8.84. The van der Waals surface area contributed by atoms with Gasteiger partial charge in [-0.1, -0.05) is 6.19 Å². The molecule has 28 valence electrons. The van der Waals surface area contributed by atoms with E-state index in [0.29, 0.717) is 19.8 Å². The van der Waals surface area contributed by atoms with E-state index in [-0.39, 0.29) is 0 Å². The average molecular weight is 153 g/mol. The van der Waals surface area contributed by atoms with Crippen LogP contribution in [0.25, 0.3) is 5.73 Å². The molecule has 0 fully saturated rings. The van der Waals surface area contributed by atoms with Gasteiger partial charge in [0.1, 0.15) is 0 Å². The second kappa shape index (κ2) is 48.1. The predicted molar refractivity (Wildman–Crippen MR) is 10.6 cm³/mol. The fourth-order valence-corrected chi connectivity index (χ4v) is 0. The molecular weight excluding hydrogens is 152 g/mol. The van der Waals surface area contributed by atoms with E-state index in [1.807, 2.05) is 0 Å². The topological polar surface area (TPSA) is 64.7 Å². The third-order valence-electron chi connectivity index (χ3n) is 0. The molecule has 0 spiro atoms. The van der Waals surface area contributed by atoms with E-state index < -0.39 is 0 Å². The Hall–Kier alpha value is -0.222. The fourth-order valence-electron chi connectivity index (χ4n) is 0. The van der Waals surface area contributed by atoms with Gasteiger partial charge in [-0.15, -0.1) is 0 Å². The molecule has 0 heterocycles. The van der Waals surface area contributed by atoms with Gasteiger partial charge >= 0.3 is 23.2 Å². The second-order valence-corrected chi connectivity index (χ2v) is 0.112. The van der Waals surface area contributed by atoms with Gasteiger partial charge in [0.2, 0.25) is 0 Å². The monoisotopic (exact) mass is 155 g/mol. The van der Waals surface area contributed by atoms with E-state index in [4.69, 9.17) is 14.4 Å². The molecule has 0 amide bonds. The first-order chi connectivity index (χ1) is 2.41. The normalized spacial score (nSPS) is 2.20. The van der Waals surface area contributed by atoms with E-state index in [0.717, 1.165) is 6.19 Å². The van der Waals surface area contributed by atoms with Crippen molar-refractivity contribution in [2.75, 3.05) is 0 Å². The van der Waals surface area contributed by atoms with Gasteiger partial charge in [0, 0.05) is 0 Å². The maximum absolute atomic E-state index is 8.26. The number of nitriles is 1. The van der Waals surface area contributed by atoms with E-state index in [1.165, 1.54) is 0 Å². The molecule has 0 aromatic carbocycles. The van der Waals surface area contributed by atoms with E-state index in [9.17, 15) is 0 Å². The summed E-state index contributed by atoms with van der Waals surface area (Å²) >= 11 is 0.700. The number of nitrogens with one attached hydrogen (secondary N) is 1. The molecule has 0 aliphatic rings. The maximum atomic E-state index is 8.26. The molecule has 0 unspecified atom stereocenters. The van der Waals surface area contributed by atoms with Crippen molar-refractivity contribution in [3.8, 4) is 6.19 Å². The van der Waals surface area contributed by atoms with Crippen LogP contribution in [0.2, 0.25) is 0 Å². The summed E-state index contributed by atoms with van der Waals surface area (Å²) < 4.78 is 8.26. The van der Waals surface area contributed by atoms with Gasteiger partial charge in [-0.3, -0.25) is 0 Å². The summed E-state index contributed by atoms with van der Waals surface area (Å²) in [6.45, 7) is 0. The Balaban J connectivity index is 0. The Labute approximate surface area is 41.0 Å². The zero-order chi connectivity index (χ0) is 4.71. The van der Waals surface area contributed by atoms with Crippen LogP contribution in [0.15, 0.2) is 0 Å². The van der Waals surface area contributed by atoms with Crippen molar-refractivity contribution in [1.29, 1.82) is 5.26 Å². The van der Waals surface area contributed by atoms with Crippen LogP contribution in [0.3, 0.4) is 0 Å². The van der Waals surface area contributed by atoms with Crippen molar-refractivity contribution < 1.29 is 23.2 Å². The van der Waals surface area contributed by atoms with Crippen molar-refractivity contribution >= 4 is 0 Å². The summed E-state index contributed by atoms with van der Waals surface area (Å²) in [7, 11) is 0. The van der Waals surface area contributed by atoms with E-state index >= 15 is 0 Å². The first-order valence-corrected chi connectivity index (χ1v) is 1.46. The molecule has 0 aliphatic heterocycles. The summed E-state index contributed by atoms with van der Waals surface area (Å²) in [5.41, 5.74) is 5.51. The van der Waals surface area contributed by atoms with Crippen LogP contribution in [0, 0.1) is 11.5 Å². The molecule has 0 aromatic rings. The summed E-state index contributed by atoms with van der Waals surface area (Å²) in [6.07, 6.45) is 1.00. The molecule has 0 aliphatic carbocycles. The summed E-state index contributed by atoms with van der Waals surface area (Å²) in [4.78, 5) is 0. The Morgan fingerprint density at radius 2 is 1.80 bits per heavy atom. The standard InChI is InChI=1S/CHN2.Mo.O/c2-1-3;;/h2H;;/q-1;;. The van der Waals surface area contributed by atoms with Crippen molar-refractivity contribution in [2.45, 2.75) is 0 Å². The van der Waals surface area contributed by atoms with Gasteiger partial charge < -0.3 is 11.0 Å². The average Bonchev–Trinajstić information content (AvgIpc) is 1.46. The minimum atomic E-state index is 0.700. The molecule has 0 atom stereocenters. The second-order valence-electron chi connectivity index (χ2n) is 0.112. The van der Waals surface area contributed by atoms with E-state index in [1.54, 1.807) is 0 Å². The Morgan fingerprint density at radius 1 is 1.80 bits per heavy atom. The number of rotatable bonds is 0. The van der Waals surface area contributed by atoms with Crippen molar-refractivity contribution in [3.05, 3.63) is 5.73 Å². The zero-order valence-electron chi connectivity index (χ0n) is 2.26. The van der Waals surface area contributed by atoms with Crippen LogP contribution < -0.4 is 0 Å². The van der Waals surface area contributed by atoms with Gasteiger partial charge in [-0.05, 0) is 0 Å². The quantitative estimate of drug-likeness (QED) is 0.373. The Kier molecular flexibility index (Phi) is 85.1. The third kappa shape index (κ3) is 243. The molecule has 0 aromatic heterocycles. The van der Waals surface area contributed by atoms with Crippen LogP contribution in [-0.4, -0.2) is 0 Å². The molecule has 0 rings (SSSR count). The van der Waals surface area contributed by atoms with Crippen LogP contribution in [-0.2, 0) is 23.2 Å². The van der Waals surface area contributed by atoms with Crippen LogP contribution in [0.1, 0.15) is 0 Å². The minimum absolute atomic E-state index is 0.700. The molecule has 0 bridgehead atoms. The molecule has 0 radical (unpaired) electrons. The fraction of sp³-hybridized carbons (Fsp3) is 0. The molecule has 0 saturated heterocycles. The third-order valence-corrected chi connectivity index (χ3v) is 0. The number of hydrogen-bond donors (Lipinski definition) is 0. The van der Waals surface area contributed by atoms with Crippen LogP contribution >= 0.6 is 0 Å². The Bertz CT molecular complexity index is 39.4. The Morgan fingerprint density at radius 3 is 1.80 bits per heavy atom. The molecule has 0 saturated carbocycles. The predicted octanol–water partition coefficient (Wildman–Crippen LogP) is 0.398. The van der Waals surface area contributed by atoms with Gasteiger partial charge in [0.15, 0.2) is 0 Å². The van der Waals surface area contributed by atoms with Crippen molar-refractivity contribution in [1.82, 2.24) is 0 Å².